The Labute approximate surface area is 135 Å². The maximum atomic E-state index is 3.76. The molecule has 21 heavy (non-hydrogen) atoms. The van der Waals surface area contributed by atoms with Gasteiger partial charge in [-0.3, -0.25) is 4.90 Å². The lowest BCUT2D eigenvalue weighted by Gasteiger charge is -2.32. The SMILES string of the molecule is CCc1ccc(CN2CCC(NCC3CC3)CC2)cc1.Cl. The minimum absolute atomic E-state index is 0. The number of piperidine rings is 1. The van der Waals surface area contributed by atoms with Gasteiger partial charge in [0.25, 0.3) is 0 Å². The second kappa shape index (κ2) is 8.17. The van der Waals surface area contributed by atoms with Crippen molar-refractivity contribution in [3.8, 4) is 0 Å². The number of nitrogens with one attached hydrogen (secondary N) is 1. The summed E-state index contributed by atoms with van der Waals surface area (Å²) in [5.74, 6) is 1.00. The lowest BCUT2D eigenvalue weighted by atomic mass is 10.0. The summed E-state index contributed by atoms with van der Waals surface area (Å²) in [6.45, 7) is 7.10. The van der Waals surface area contributed by atoms with Gasteiger partial charge in [-0.1, -0.05) is 31.2 Å². The molecule has 2 fully saturated rings. The highest BCUT2D eigenvalue weighted by Gasteiger charge is 2.24. The highest BCUT2D eigenvalue weighted by molar-refractivity contribution is 5.85. The minimum atomic E-state index is 0. The fourth-order valence-electron chi connectivity index (χ4n) is 3.09. The van der Waals surface area contributed by atoms with Crippen molar-refractivity contribution in [1.29, 1.82) is 0 Å². The van der Waals surface area contributed by atoms with Crippen LogP contribution in [0.15, 0.2) is 24.3 Å². The number of halogens is 1. The first-order chi connectivity index (χ1) is 9.83. The Balaban J connectivity index is 0.00000161. The molecule has 1 aliphatic carbocycles. The standard InChI is InChI=1S/C18H28N2.ClH/c1-2-15-3-7-17(8-4-15)14-20-11-9-18(10-12-20)19-13-16-5-6-16;/h3-4,7-8,16,18-19H,2,5-6,9-14H2,1H3;1H. The molecule has 2 nitrogen and oxygen atoms in total. The molecule has 118 valence electrons. The van der Waals surface area contributed by atoms with E-state index >= 15 is 0 Å². The van der Waals surface area contributed by atoms with Crippen molar-refractivity contribution in [2.45, 2.75) is 51.6 Å². The summed E-state index contributed by atoms with van der Waals surface area (Å²) in [5, 5.41) is 3.76. The van der Waals surface area contributed by atoms with Crippen LogP contribution in [0.1, 0.15) is 43.7 Å². The number of hydrogen-bond donors (Lipinski definition) is 1. The molecule has 1 aromatic carbocycles. The van der Waals surface area contributed by atoms with E-state index < -0.39 is 0 Å². The van der Waals surface area contributed by atoms with E-state index in [0.717, 1.165) is 24.9 Å². The van der Waals surface area contributed by atoms with Crippen LogP contribution in [0.2, 0.25) is 0 Å². The normalized spacial score (nSPS) is 20.2. The van der Waals surface area contributed by atoms with Gasteiger partial charge < -0.3 is 5.32 Å². The molecule has 3 rings (SSSR count). The van der Waals surface area contributed by atoms with E-state index in [1.54, 1.807) is 0 Å². The highest BCUT2D eigenvalue weighted by Crippen LogP contribution is 2.28. The molecule has 1 saturated carbocycles. The molecule has 0 amide bonds. The van der Waals surface area contributed by atoms with Crippen molar-refractivity contribution in [3.63, 3.8) is 0 Å². The predicted octanol–water partition coefficient (Wildman–Crippen LogP) is 3.63. The Morgan fingerprint density at radius 2 is 1.62 bits per heavy atom. The van der Waals surface area contributed by atoms with Gasteiger partial charge in [-0.25, -0.2) is 0 Å². The maximum absolute atomic E-state index is 3.76. The molecule has 0 unspecified atom stereocenters. The smallest absolute Gasteiger partial charge is 0.0233 e. The summed E-state index contributed by atoms with van der Waals surface area (Å²) in [4.78, 5) is 2.61. The van der Waals surface area contributed by atoms with Crippen molar-refractivity contribution in [2.75, 3.05) is 19.6 Å². The monoisotopic (exact) mass is 308 g/mol. The van der Waals surface area contributed by atoms with Crippen LogP contribution in [-0.2, 0) is 13.0 Å². The van der Waals surface area contributed by atoms with E-state index in [0.29, 0.717) is 0 Å². The highest BCUT2D eigenvalue weighted by atomic mass is 35.5. The fraction of sp³-hybridized carbons (Fsp3) is 0.667. The van der Waals surface area contributed by atoms with E-state index in [1.807, 2.05) is 0 Å². The van der Waals surface area contributed by atoms with Crippen LogP contribution in [0.4, 0.5) is 0 Å². The third kappa shape index (κ3) is 5.28. The summed E-state index contributed by atoms with van der Waals surface area (Å²) < 4.78 is 0. The molecule has 0 aromatic heterocycles. The molecular formula is C18H29ClN2. The largest absolute Gasteiger partial charge is 0.314 e. The molecule has 1 aromatic rings. The van der Waals surface area contributed by atoms with Gasteiger partial charge in [0.2, 0.25) is 0 Å². The maximum Gasteiger partial charge on any atom is 0.0233 e. The Kier molecular flexibility index (Phi) is 6.53. The first-order valence-corrected chi connectivity index (χ1v) is 8.37. The Bertz CT molecular complexity index is 406. The predicted molar refractivity (Wildman–Crippen MR) is 92.1 cm³/mol. The van der Waals surface area contributed by atoms with Gasteiger partial charge in [0.1, 0.15) is 0 Å². The summed E-state index contributed by atoms with van der Waals surface area (Å²) in [7, 11) is 0. The summed E-state index contributed by atoms with van der Waals surface area (Å²) in [5.41, 5.74) is 2.91. The zero-order valence-electron chi connectivity index (χ0n) is 13.2. The van der Waals surface area contributed by atoms with Crippen LogP contribution in [-0.4, -0.2) is 30.6 Å². The van der Waals surface area contributed by atoms with Gasteiger partial charge in [0.05, 0.1) is 0 Å². The van der Waals surface area contributed by atoms with Crippen molar-refractivity contribution >= 4 is 12.4 Å². The number of rotatable bonds is 6. The fourth-order valence-corrected chi connectivity index (χ4v) is 3.09. The molecule has 0 radical (unpaired) electrons. The Hall–Kier alpha value is -0.570. The van der Waals surface area contributed by atoms with Gasteiger partial charge in [-0.15, -0.1) is 12.4 Å². The molecule has 0 bridgehead atoms. The lowest BCUT2D eigenvalue weighted by Crippen LogP contribution is -2.42. The molecule has 1 heterocycles. The summed E-state index contributed by atoms with van der Waals surface area (Å²) in [6.07, 6.45) is 6.69. The van der Waals surface area contributed by atoms with Crippen molar-refractivity contribution in [3.05, 3.63) is 35.4 Å². The summed E-state index contributed by atoms with van der Waals surface area (Å²) >= 11 is 0. The number of hydrogen-bond acceptors (Lipinski definition) is 2. The molecule has 1 aliphatic heterocycles. The molecule has 2 aliphatic rings. The van der Waals surface area contributed by atoms with Crippen LogP contribution in [0.3, 0.4) is 0 Å². The van der Waals surface area contributed by atoms with Gasteiger partial charge in [0.15, 0.2) is 0 Å². The summed E-state index contributed by atoms with van der Waals surface area (Å²) in [6, 6.07) is 9.93. The van der Waals surface area contributed by atoms with E-state index in [1.165, 1.54) is 56.4 Å². The molecular weight excluding hydrogens is 280 g/mol. The van der Waals surface area contributed by atoms with Crippen molar-refractivity contribution in [1.82, 2.24) is 10.2 Å². The number of likely N-dealkylation sites (tertiary alicyclic amines) is 1. The number of benzene rings is 1. The van der Waals surface area contributed by atoms with E-state index in [2.05, 4.69) is 41.4 Å². The Morgan fingerprint density at radius 1 is 1.00 bits per heavy atom. The number of aryl methyl sites for hydroxylation is 1. The zero-order chi connectivity index (χ0) is 13.8. The third-order valence-electron chi connectivity index (χ3n) is 4.82. The van der Waals surface area contributed by atoms with Crippen LogP contribution in [0, 0.1) is 5.92 Å². The zero-order valence-corrected chi connectivity index (χ0v) is 14.0. The second-order valence-electron chi connectivity index (χ2n) is 6.57. The van der Waals surface area contributed by atoms with Gasteiger partial charge >= 0.3 is 0 Å². The van der Waals surface area contributed by atoms with Crippen molar-refractivity contribution < 1.29 is 0 Å². The van der Waals surface area contributed by atoms with Crippen LogP contribution >= 0.6 is 12.4 Å². The average molecular weight is 309 g/mol. The first kappa shape index (κ1) is 16.8. The quantitative estimate of drug-likeness (QED) is 0.863. The second-order valence-corrected chi connectivity index (χ2v) is 6.57. The molecule has 1 N–H and O–H groups in total. The number of nitrogens with zero attached hydrogens (tertiary/aromatic N) is 1. The lowest BCUT2D eigenvalue weighted by molar-refractivity contribution is 0.190. The van der Waals surface area contributed by atoms with Gasteiger partial charge in [-0.05, 0) is 68.8 Å². The van der Waals surface area contributed by atoms with Crippen molar-refractivity contribution in [2.24, 2.45) is 5.92 Å². The molecule has 1 saturated heterocycles. The minimum Gasteiger partial charge on any atom is -0.314 e. The van der Waals surface area contributed by atoms with Crippen LogP contribution < -0.4 is 5.32 Å². The molecule has 0 spiro atoms. The molecule has 3 heteroatoms. The third-order valence-corrected chi connectivity index (χ3v) is 4.82. The van der Waals surface area contributed by atoms with Crippen LogP contribution in [0.5, 0.6) is 0 Å². The average Bonchev–Trinajstić information content (AvgIpc) is 3.32. The molecule has 0 atom stereocenters. The van der Waals surface area contributed by atoms with Gasteiger partial charge in [0, 0.05) is 12.6 Å². The van der Waals surface area contributed by atoms with Crippen LogP contribution in [0.25, 0.3) is 0 Å². The van der Waals surface area contributed by atoms with E-state index in [9.17, 15) is 0 Å². The van der Waals surface area contributed by atoms with Gasteiger partial charge in [-0.2, -0.15) is 0 Å². The Morgan fingerprint density at radius 3 is 2.19 bits per heavy atom. The van der Waals surface area contributed by atoms with E-state index in [-0.39, 0.29) is 12.4 Å². The topological polar surface area (TPSA) is 15.3 Å². The van der Waals surface area contributed by atoms with E-state index in [4.69, 9.17) is 0 Å². The first-order valence-electron chi connectivity index (χ1n) is 8.37.